The van der Waals surface area contributed by atoms with E-state index < -0.39 is 5.67 Å². The first-order valence-corrected chi connectivity index (χ1v) is 6.17. The average Bonchev–Trinajstić information content (AvgIpc) is 2.27. The van der Waals surface area contributed by atoms with Crippen molar-refractivity contribution < 1.29 is 4.39 Å². The van der Waals surface area contributed by atoms with Crippen molar-refractivity contribution >= 4 is 0 Å². The number of hydrogen-bond donors (Lipinski definition) is 2. The van der Waals surface area contributed by atoms with Gasteiger partial charge in [0.05, 0.1) is 0 Å². The number of halogens is 1. The lowest BCUT2D eigenvalue weighted by Crippen LogP contribution is -2.58. The normalized spacial score (nSPS) is 31.6. The minimum absolute atomic E-state index is 0.0180. The maximum atomic E-state index is 14.7. The molecule has 3 heteroatoms. The maximum absolute atomic E-state index is 14.7. The Kier molecular flexibility index (Phi) is 4.53. The molecule has 1 saturated heterocycles. The van der Waals surface area contributed by atoms with Gasteiger partial charge in [0.1, 0.15) is 5.67 Å². The molecule has 0 radical (unpaired) electrons. The monoisotopic (exact) mass is 216 g/mol. The van der Waals surface area contributed by atoms with E-state index in [0.29, 0.717) is 5.92 Å². The minimum Gasteiger partial charge on any atom is -0.327 e. The first kappa shape index (κ1) is 12.9. The number of nitrogens with one attached hydrogen (secondary N) is 1. The summed E-state index contributed by atoms with van der Waals surface area (Å²) >= 11 is 0. The number of alkyl halides is 1. The second-order valence-corrected chi connectivity index (χ2v) is 5.09. The lowest BCUT2D eigenvalue weighted by Gasteiger charge is -2.41. The van der Waals surface area contributed by atoms with Crippen molar-refractivity contribution in [1.82, 2.24) is 5.32 Å². The van der Waals surface area contributed by atoms with Crippen LogP contribution in [0.2, 0.25) is 0 Å². The summed E-state index contributed by atoms with van der Waals surface area (Å²) in [4.78, 5) is 0. The number of rotatable bonds is 4. The van der Waals surface area contributed by atoms with E-state index >= 15 is 0 Å². The molecular formula is C12H25FN2. The molecule has 0 aliphatic carbocycles. The van der Waals surface area contributed by atoms with Gasteiger partial charge in [-0.3, -0.25) is 0 Å². The van der Waals surface area contributed by atoms with E-state index in [1.807, 2.05) is 13.8 Å². The van der Waals surface area contributed by atoms with Gasteiger partial charge in [0.15, 0.2) is 0 Å². The number of piperidine rings is 1. The summed E-state index contributed by atoms with van der Waals surface area (Å²) in [6, 6.07) is -0.0544. The van der Waals surface area contributed by atoms with Crippen molar-refractivity contribution in [2.75, 3.05) is 13.1 Å². The molecule has 0 spiro atoms. The van der Waals surface area contributed by atoms with Gasteiger partial charge in [-0.1, -0.05) is 27.2 Å². The quantitative estimate of drug-likeness (QED) is 0.755. The highest BCUT2D eigenvalue weighted by atomic mass is 19.1. The van der Waals surface area contributed by atoms with Crippen LogP contribution in [0.1, 0.15) is 40.0 Å². The Bertz CT molecular complexity index is 196. The molecule has 0 aromatic heterocycles. The molecule has 0 aromatic carbocycles. The molecule has 0 aromatic rings. The van der Waals surface area contributed by atoms with Gasteiger partial charge in [0, 0.05) is 12.6 Å². The molecular weight excluding hydrogens is 191 g/mol. The number of nitrogens with two attached hydrogens (primary N) is 1. The molecule has 1 heterocycles. The average molecular weight is 216 g/mol. The summed E-state index contributed by atoms with van der Waals surface area (Å²) in [5, 5.41) is 3.30. The summed E-state index contributed by atoms with van der Waals surface area (Å²) in [5.74, 6) is 0.646. The van der Waals surface area contributed by atoms with Crippen LogP contribution in [0.3, 0.4) is 0 Å². The van der Waals surface area contributed by atoms with Gasteiger partial charge < -0.3 is 11.1 Å². The van der Waals surface area contributed by atoms with Gasteiger partial charge >= 0.3 is 0 Å². The highest BCUT2D eigenvalue weighted by Gasteiger charge is 2.42. The van der Waals surface area contributed by atoms with Crippen LogP contribution >= 0.6 is 0 Å². The van der Waals surface area contributed by atoms with E-state index in [4.69, 9.17) is 5.73 Å². The molecule has 3 atom stereocenters. The highest BCUT2D eigenvalue weighted by Crippen LogP contribution is 2.32. The lowest BCUT2D eigenvalue weighted by molar-refractivity contribution is 0.0373. The first-order valence-electron chi connectivity index (χ1n) is 6.17. The molecule has 1 rings (SSSR count). The van der Waals surface area contributed by atoms with Crippen LogP contribution < -0.4 is 11.1 Å². The molecule has 1 aliphatic heterocycles. The third kappa shape index (κ3) is 2.70. The molecule has 0 amide bonds. The molecule has 1 aliphatic rings. The summed E-state index contributed by atoms with van der Waals surface area (Å²) in [7, 11) is 0. The summed E-state index contributed by atoms with van der Waals surface area (Å²) in [5.41, 5.74) is 4.37. The van der Waals surface area contributed by atoms with E-state index in [0.717, 1.165) is 19.4 Å². The fraction of sp³-hybridized carbons (Fsp3) is 1.00. The Labute approximate surface area is 92.8 Å². The van der Waals surface area contributed by atoms with Gasteiger partial charge in [0.2, 0.25) is 0 Å². The standard InChI is InChI=1S/C12H25FN2/c1-4-10-5-6-15-11(7-10)12(13,8-14)9(2)3/h9-11,15H,4-8,14H2,1-3H3. The summed E-state index contributed by atoms with van der Waals surface area (Å²) in [6.07, 6.45) is 3.26. The Hall–Kier alpha value is -0.150. The molecule has 0 bridgehead atoms. The smallest absolute Gasteiger partial charge is 0.140 e. The Morgan fingerprint density at radius 1 is 1.53 bits per heavy atom. The van der Waals surface area contributed by atoms with Crippen LogP contribution in [0.25, 0.3) is 0 Å². The van der Waals surface area contributed by atoms with Crippen LogP contribution in [-0.4, -0.2) is 24.8 Å². The van der Waals surface area contributed by atoms with E-state index in [2.05, 4.69) is 12.2 Å². The van der Waals surface area contributed by atoms with Crippen molar-refractivity contribution in [1.29, 1.82) is 0 Å². The highest BCUT2D eigenvalue weighted by molar-refractivity contribution is 4.98. The predicted octanol–water partition coefficient (Wildman–Crippen LogP) is 2.09. The van der Waals surface area contributed by atoms with E-state index in [-0.39, 0.29) is 18.5 Å². The molecule has 90 valence electrons. The van der Waals surface area contributed by atoms with Gasteiger partial charge in [-0.25, -0.2) is 4.39 Å². The van der Waals surface area contributed by atoms with Crippen molar-refractivity contribution in [3.63, 3.8) is 0 Å². The molecule has 1 fully saturated rings. The van der Waals surface area contributed by atoms with Gasteiger partial charge in [-0.2, -0.15) is 0 Å². The summed E-state index contributed by atoms with van der Waals surface area (Å²) < 4.78 is 14.7. The Balaban J connectivity index is 2.67. The molecule has 15 heavy (non-hydrogen) atoms. The molecule has 3 N–H and O–H groups in total. The molecule has 0 saturated carbocycles. The maximum Gasteiger partial charge on any atom is 0.140 e. The second kappa shape index (κ2) is 5.26. The molecule has 2 nitrogen and oxygen atoms in total. The van der Waals surface area contributed by atoms with E-state index in [1.165, 1.54) is 6.42 Å². The third-order valence-electron chi connectivity index (χ3n) is 3.94. The van der Waals surface area contributed by atoms with Crippen LogP contribution in [0.15, 0.2) is 0 Å². The zero-order chi connectivity index (χ0) is 11.5. The fourth-order valence-electron chi connectivity index (χ4n) is 2.51. The van der Waals surface area contributed by atoms with Crippen molar-refractivity contribution in [2.24, 2.45) is 17.6 Å². The van der Waals surface area contributed by atoms with Crippen LogP contribution in [-0.2, 0) is 0 Å². The Morgan fingerprint density at radius 3 is 2.67 bits per heavy atom. The van der Waals surface area contributed by atoms with Gasteiger partial charge in [-0.15, -0.1) is 0 Å². The van der Waals surface area contributed by atoms with Crippen LogP contribution in [0, 0.1) is 11.8 Å². The van der Waals surface area contributed by atoms with E-state index in [1.54, 1.807) is 0 Å². The van der Waals surface area contributed by atoms with E-state index in [9.17, 15) is 4.39 Å². The topological polar surface area (TPSA) is 38.0 Å². The first-order chi connectivity index (χ1) is 7.04. The predicted molar refractivity (Wildman–Crippen MR) is 62.5 cm³/mol. The minimum atomic E-state index is -1.24. The number of hydrogen-bond acceptors (Lipinski definition) is 2. The van der Waals surface area contributed by atoms with Crippen LogP contribution in [0.4, 0.5) is 4.39 Å². The van der Waals surface area contributed by atoms with Crippen LogP contribution in [0.5, 0.6) is 0 Å². The largest absolute Gasteiger partial charge is 0.327 e. The zero-order valence-corrected chi connectivity index (χ0v) is 10.2. The SMILES string of the molecule is CCC1CCNC(C(F)(CN)C(C)C)C1. The molecule has 3 unspecified atom stereocenters. The van der Waals surface area contributed by atoms with Gasteiger partial charge in [0.25, 0.3) is 0 Å². The third-order valence-corrected chi connectivity index (χ3v) is 3.94. The lowest BCUT2D eigenvalue weighted by atomic mass is 9.77. The van der Waals surface area contributed by atoms with Gasteiger partial charge in [-0.05, 0) is 31.2 Å². The Morgan fingerprint density at radius 2 is 2.20 bits per heavy atom. The second-order valence-electron chi connectivity index (χ2n) is 5.09. The zero-order valence-electron chi connectivity index (χ0n) is 10.2. The fourth-order valence-corrected chi connectivity index (χ4v) is 2.51. The van der Waals surface area contributed by atoms with Crippen molar-refractivity contribution in [3.05, 3.63) is 0 Å². The van der Waals surface area contributed by atoms with Crippen molar-refractivity contribution in [3.8, 4) is 0 Å². The van der Waals surface area contributed by atoms with Crippen molar-refractivity contribution in [2.45, 2.75) is 51.7 Å². The summed E-state index contributed by atoms with van der Waals surface area (Å²) in [6.45, 7) is 7.08.